The predicted octanol–water partition coefficient (Wildman–Crippen LogP) is 2.86. The first kappa shape index (κ1) is 24.4. The van der Waals surface area contributed by atoms with E-state index in [4.69, 9.17) is 18.6 Å². The maximum atomic E-state index is 13.1. The van der Waals surface area contributed by atoms with Crippen LogP contribution in [0.2, 0.25) is 0 Å². The molecule has 0 fully saturated rings. The second kappa shape index (κ2) is 11.2. The number of methoxy groups -OCH3 is 1. The Kier molecular flexibility index (Phi) is 7.36. The van der Waals surface area contributed by atoms with E-state index >= 15 is 0 Å². The van der Waals surface area contributed by atoms with Gasteiger partial charge in [0, 0.05) is 19.7 Å². The predicted molar refractivity (Wildman–Crippen MR) is 139 cm³/mol. The zero-order chi connectivity index (χ0) is 25.6. The number of fused-ring (bicyclic) bond motifs is 1. The van der Waals surface area contributed by atoms with Gasteiger partial charge in [0.15, 0.2) is 24.7 Å². The summed E-state index contributed by atoms with van der Waals surface area (Å²) in [5, 5.41) is 5.80. The van der Waals surface area contributed by atoms with E-state index in [1.807, 2.05) is 65.6 Å². The van der Waals surface area contributed by atoms with Crippen LogP contribution in [-0.4, -0.2) is 49.5 Å². The van der Waals surface area contributed by atoms with E-state index in [0.717, 1.165) is 17.5 Å². The van der Waals surface area contributed by atoms with Crippen molar-refractivity contribution in [3.05, 3.63) is 98.3 Å². The van der Waals surface area contributed by atoms with Crippen LogP contribution >= 0.6 is 0 Å². The molecule has 1 aromatic heterocycles. The first-order valence-corrected chi connectivity index (χ1v) is 12.0. The third-order valence-electron chi connectivity index (χ3n) is 6.17. The summed E-state index contributed by atoms with van der Waals surface area (Å²) in [6, 6.07) is 17.4. The van der Waals surface area contributed by atoms with Crippen LogP contribution < -0.4 is 20.8 Å². The molecule has 0 aliphatic carbocycles. The molecule has 5 rings (SSSR count). The zero-order valence-corrected chi connectivity index (χ0v) is 20.5. The van der Waals surface area contributed by atoms with E-state index in [1.165, 1.54) is 11.0 Å². The van der Waals surface area contributed by atoms with Gasteiger partial charge >= 0.3 is 11.2 Å². The minimum Gasteiger partial charge on any atom is -0.497 e. The third kappa shape index (κ3) is 5.44. The molecule has 10 nitrogen and oxygen atoms in total. The fraction of sp³-hybridized carbons (Fsp3) is 0.296. The number of benzene rings is 2. The van der Waals surface area contributed by atoms with E-state index in [1.54, 1.807) is 12.1 Å². The number of hydrazone groups is 1. The topological polar surface area (TPSA) is 98.7 Å². The monoisotopic (exact) mass is 504 g/mol. The van der Waals surface area contributed by atoms with Gasteiger partial charge in [0.1, 0.15) is 11.4 Å². The van der Waals surface area contributed by atoms with Crippen molar-refractivity contribution in [1.82, 2.24) is 9.58 Å². The van der Waals surface area contributed by atoms with Gasteiger partial charge < -0.3 is 23.5 Å². The summed E-state index contributed by atoms with van der Waals surface area (Å²) in [6.07, 6.45) is 3.98. The SMILES string of the molecule is COc1ccc(Cn2c3c(oc(=O)c2=O)C(N2COC=N2)=CCN3CCCOCc2ccccc2)cc1. The Morgan fingerprint density at radius 3 is 2.57 bits per heavy atom. The van der Waals surface area contributed by atoms with Crippen molar-refractivity contribution in [2.45, 2.75) is 19.6 Å². The highest BCUT2D eigenvalue weighted by molar-refractivity contribution is 5.74. The summed E-state index contributed by atoms with van der Waals surface area (Å²) in [7, 11) is 1.60. The minimum atomic E-state index is -0.935. The summed E-state index contributed by atoms with van der Waals surface area (Å²) in [6.45, 7) is 2.57. The normalized spacial score (nSPS) is 14.4. The molecule has 0 saturated heterocycles. The molecule has 0 amide bonds. The van der Waals surface area contributed by atoms with Gasteiger partial charge in [-0.2, -0.15) is 0 Å². The smallest absolute Gasteiger partial charge is 0.403 e. The zero-order valence-electron chi connectivity index (χ0n) is 20.5. The Labute approximate surface area is 213 Å². The molecular formula is C27H28N4O6. The number of anilines is 1. The highest BCUT2D eigenvalue weighted by Gasteiger charge is 2.31. The molecule has 192 valence electrons. The van der Waals surface area contributed by atoms with Crippen LogP contribution in [-0.2, 0) is 22.6 Å². The van der Waals surface area contributed by atoms with Crippen molar-refractivity contribution in [3.8, 4) is 5.75 Å². The third-order valence-corrected chi connectivity index (χ3v) is 6.17. The Hall–Kier alpha value is -4.31. The standard InChI is InChI=1S/C27H28N4O6/c1-34-22-10-8-20(9-11-22)16-30-25-24(37-27(33)26(30)32)23(31-19-36-18-28-31)12-14-29(25)13-5-15-35-17-21-6-3-2-4-7-21/h2-4,6-12,18H,5,13-17,19H2,1H3. The van der Waals surface area contributed by atoms with Crippen LogP contribution in [0.1, 0.15) is 23.3 Å². The number of rotatable bonds is 10. The summed E-state index contributed by atoms with van der Waals surface area (Å²) in [5.74, 6) is 1.53. The van der Waals surface area contributed by atoms with Gasteiger partial charge in [-0.05, 0) is 35.8 Å². The van der Waals surface area contributed by atoms with Crippen LogP contribution in [0.15, 0.2) is 79.8 Å². The molecule has 0 radical (unpaired) electrons. The first-order chi connectivity index (χ1) is 18.1. The van der Waals surface area contributed by atoms with E-state index < -0.39 is 11.2 Å². The first-order valence-electron chi connectivity index (χ1n) is 12.0. The molecule has 0 saturated carbocycles. The maximum Gasteiger partial charge on any atom is 0.403 e. The van der Waals surface area contributed by atoms with Crippen LogP contribution in [0.5, 0.6) is 5.75 Å². The van der Waals surface area contributed by atoms with Crippen molar-refractivity contribution in [2.24, 2.45) is 5.10 Å². The molecule has 0 bridgehead atoms. The van der Waals surface area contributed by atoms with Crippen LogP contribution in [0.25, 0.3) is 5.70 Å². The molecule has 37 heavy (non-hydrogen) atoms. The van der Waals surface area contributed by atoms with E-state index in [2.05, 4.69) is 5.10 Å². The lowest BCUT2D eigenvalue weighted by Gasteiger charge is -2.32. The molecule has 10 heteroatoms. The summed E-state index contributed by atoms with van der Waals surface area (Å²) >= 11 is 0. The van der Waals surface area contributed by atoms with E-state index in [-0.39, 0.29) is 19.0 Å². The Balaban J connectivity index is 1.41. The Bertz CT molecular complexity index is 1400. The van der Waals surface area contributed by atoms with Crippen molar-refractivity contribution in [2.75, 3.05) is 38.4 Å². The largest absolute Gasteiger partial charge is 0.497 e. The number of aromatic nitrogens is 1. The lowest BCUT2D eigenvalue weighted by molar-refractivity contribution is 0.119. The lowest BCUT2D eigenvalue weighted by Crippen LogP contribution is -2.42. The fourth-order valence-electron chi connectivity index (χ4n) is 4.33. The number of hydrogen-bond donors (Lipinski definition) is 0. The highest BCUT2D eigenvalue weighted by atomic mass is 16.5. The van der Waals surface area contributed by atoms with Gasteiger partial charge in [-0.15, -0.1) is 5.10 Å². The molecular weight excluding hydrogens is 476 g/mol. The van der Waals surface area contributed by atoms with Crippen LogP contribution in [0.3, 0.4) is 0 Å². The molecule has 2 aromatic carbocycles. The van der Waals surface area contributed by atoms with E-state index in [0.29, 0.717) is 43.6 Å². The van der Waals surface area contributed by atoms with Gasteiger partial charge in [0.2, 0.25) is 0 Å². The molecule has 0 N–H and O–H groups in total. The van der Waals surface area contributed by atoms with E-state index in [9.17, 15) is 9.59 Å². The molecule has 0 atom stereocenters. The van der Waals surface area contributed by atoms with Crippen molar-refractivity contribution < 1.29 is 18.6 Å². The van der Waals surface area contributed by atoms with Gasteiger partial charge in [-0.1, -0.05) is 42.5 Å². The average molecular weight is 505 g/mol. The molecule has 2 aliphatic rings. The van der Waals surface area contributed by atoms with Crippen molar-refractivity contribution in [3.63, 3.8) is 0 Å². The Morgan fingerprint density at radius 2 is 1.84 bits per heavy atom. The lowest BCUT2D eigenvalue weighted by atomic mass is 10.1. The maximum absolute atomic E-state index is 13.1. The molecule has 3 aromatic rings. The van der Waals surface area contributed by atoms with Gasteiger partial charge in [-0.3, -0.25) is 9.36 Å². The summed E-state index contributed by atoms with van der Waals surface area (Å²) < 4.78 is 23.4. The van der Waals surface area contributed by atoms with Crippen LogP contribution in [0.4, 0.5) is 5.82 Å². The second-order valence-electron chi connectivity index (χ2n) is 8.62. The highest BCUT2D eigenvalue weighted by Crippen LogP contribution is 2.33. The Morgan fingerprint density at radius 1 is 1.03 bits per heavy atom. The van der Waals surface area contributed by atoms with Crippen LogP contribution in [0, 0.1) is 0 Å². The number of nitrogens with zero attached hydrogens (tertiary/aromatic N) is 4. The molecule has 0 spiro atoms. The average Bonchev–Trinajstić information content (AvgIpc) is 3.47. The van der Waals surface area contributed by atoms with Crippen molar-refractivity contribution >= 4 is 17.9 Å². The quantitative estimate of drug-likeness (QED) is 0.307. The fourth-order valence-corrected chi connectivity index (χ4v) is 4.33. The molecule has 3 heterocycles. The second-order valence-corrected chi connectivity index (χ2v) is 8.62. The van der Waals surface area contributed by atoms with Gasteiger partial charge in [0.05, 0.1) is 20.3 Å². The van der Waals surface area contributed by atoms with Gasteiger partial charge in [0.25, 0.3) is 0 Å². The summed E-state index contributed by atoms with van der Waals surface area (Å²) in [4.78, 5) is 27.7. The molecule has 0 unspecified atom stereocenters. The number of ether oxygens (including phenoxy) is 3. The summed E-state index contributed by atoms with van der Waals surface area (Å²) in [5.41, 5.74) is 0.890. The van der Waals surface area contributed by atoms with Gasteiger partial charge in [-0.25, -0.2) is 9.80 Å². The van der Waals surface area contributed by atoms with Crippen molar-refractivity contribution in [1.29, 1.82) is 0 Å². The molecule has 2 aliphatic heterocycles. The minimum absolute atomic E-state index is 0.194. The number of hydrogen-bond acceptors (Lipinski definition) is 9.